The van der Waals surface area contributed by atoms with E-state index in [1.165, 1.54) is 11.1 Å². The van der Waals surface area contributed by atoms with Crippen molar-refractivity contribution < 1.29 is 14.3 Å². The van der Waals surface area contributed by atoms with Crippen LogP contribution < -0.4 is 15.2 Å². The molecule has 2 unspecified atom stereocenters. The first-order valence-corrected chi connectivity index (χ1v) is 9.58. The van der Waals surface area contributed by atoms with Gasteiger partial charge < -0.3 is 20.1 Å². The minimum Gasteiger partial charge on any atom is -0.490 e. The molecule has 1 saturated carbocycles. The SMILES string of the molecule is CCOc1cc2c(cc1OCC)CN(C(=O)C1CCCC(N)C1)CC2.Cl. The van der Waals surface area contributed by atoms with E-state index < -0.39 is 0 Å². The molecule has 6 heteroatoms. The molecule has 2 aliphatic rings. The van der Waals surface area contributed by atoms with Gasteiger partial charge in [-0.25, -0.2) is 0 Å². The van der Waals surface area contributed by atoms with Gasteiger partial charge in [-0.05, 0) is 62.8 Å². The van der Waals surface area contributed by atoms with Gasteiger partial charge in [-0.15, -0.1) is 12.4 Å². The second-order valence-electron chi connectivity index (χ2n) is 7.07. The molecule has 26 heavy (non-hydrogen) atoms. The Bertz CT molecular complexity index is 623. The van der Waals surface area contributed by atoms with Crippen molar-refractivity contribution in [1.29, 1.82) is 0 Å². The van der Waals surface area contributed by atoms with Crippen molar-refractivity contribution in [2.75, 3.05) is 19.8 Å². The number of amides is 1. The van der Waals surface area contributed by atoms with Gasteiger partial charge in [0, 0.05) is 25.0 Å². The van der Waals surface area contributed by atoms with Gasteiger partial charge in [-0.1, -0.05) is 6.42 Å². The van der Waals surface area contributed by atoms with Crippen LogP contribution in [0.4, 0.5) is 0 Å². The van der Waals surface area contributed by atoms with Crippen LogP contribution in [-0.2, 0) is 17.8 Å². The summed E-state index contributed by atoms with van der Waals surface area (Å²) in [5.41, 5.74) is 8.50. The summed E-state index contributed by atoms with van der Waals surface area (Å²) in [6, 6.07) is 4.32. The number of rotatable bonds is 5. The molecule has 1 aliphatic heterocycles. The number of nitrogens with two attached hydrogens (primary N) is 1. The lowest BCUT2D eigenvalue weighted by Crippen LogP contribution is -2.42. The largest absolute Gasteiger partial charge is 0.490 e. The van der Waals surface area contributed by atoms with E-state index in [4.69, 9.17) is 15.2 Å². The molecule has 1 heterocycles. The van der Waals surface area contributed by atoms with Gasteiger partial charge >= 0.3 is 0 Å². The number of carbonyl (C=O) groups excluding carboxylic acids is 1. The second-order valence-corrected chi connectivity index (χ2v) is 7.07. The zero-order valence-corrected chi connectivity index (χ0v) is 16.6. The number of nitrogens with zero attached hydrogens (tertiary/aromatic N) is 1. The Morgan fingerprint density at radius 1 is 1.15 bits per heavy atom. The van der Waals surface area contributed by atoms with Gasteiger partial charge in [-0.2, -0.15) is 0 Å². The molecule has 0 bridgehead atoms. The third kappa shape index (κ3) is 4.63. The molecule has 1 aromatic rings. The summed E-state index contributed by atoms with van der Waals surface area (Å²) in [4.78, 5) is 14.9. The van der Waals surface area contributed by atoms with Crippen molar-refractivity contribution in [2.24, 2.45) is 11.7 Å². The van der Waals surface area contributed by atoms with Crippen LogP contribution in [0.15, 0.2) is 12.1 Å². The Morgan fingerprint density at radius 2 is 1.81 bits per heavy atom. The van der Waals surface area contributed by atoms with E-state index in [1.807, 2.05) is 18.7 Å². The Hall–Kier alpha value is -1.46. The van der Waals surface area contributed by atoms with Crippen molar-refractivity contribution in [3.05, 3.63) is 23.3 Å². The van der Waals surface area contributed by atoms with Gasteiger partial charge in [0.1, 0.15) is 0 Å². The normalized spacial score (nSPS) is 22.2. The summed E-state index contributed by atoms with van der Waals surface area (Å²) >= 11 is 0. The minimum absolute atomic E-state index is 0. The third-order valence-electron chi connectivity index (χ3n) is 5.25. The molecule has 3 rings (SSSR count). The highest BCUT2D eigenvalue weighted by atomic mass is 35.5. The smallest absolute Gasteiger partial charge is 0.226 e. The molecule has 5 nitrogen and oxygen atoms in total. The highest BCUT2D eigenvalue weighted by Crippen LogP contribution is 2.35. The fourth-order valence-electron chi connectivity index (χ4n) is 4.00. The molecule has 2 atom stereocenters. The number of hydrogen-bond donors (Lipinski definition) is 1. The highest BCUT2D eigenvalue weighted by molar-refractivity contribution is 5.85. The number of fused-ring (bicyclic) bond motifs is 1. The quantitative estimate of drug-likeness (QED) is 0.848. The molecule has 1 aromatic carbocycles. The van der Waals surface area contributed by atoms with Gasteiger partial charge in [0.2, 0.25) is 5.91 Å². The van der Waals surface area contributed by atoms with Crippen molar-refractivity contribution in [3.8, 4) is 11.5 Å². The molecule has 1 fully saturated rings. The topological polar surface area (TPSA) is 64.8 Å². The maximum atomic E-state index is 12.9. The molecular formula is C20H31ClN2O3. The van der Waals surface area contributed by atoms with Crippen molar-refractivity contribution >= 4 is 18.3 Å². The van der Waals surface area contributed by atoms with Crippen molar-refractivity contribution in [3.63, 3.8) is 0 Å². The van der Waals surface area contributed by atoms with Crippen LogP contribution in [0.1, 0.15) is 50.7 Å². The van der Waals surface area contributed by atoms with E-state index in [9.17, 15) is 4.79 Å². The molecular weight excluding hydrogens is 352 g/mol. The Kier molecular flexibility index (Phi) is 7.59. The number of benzene rings is 1. The highest BCUT2D eigenvalue weighted by Gasteiger charge is 2.31. The lowest BCUT2D eigenvalue weighted by molar-refractivity contribution is -0.137. The first-order valence-electron chi connectivity index (χ1n) is 9.58. The lowest BCUT2D eigenvalue weighted by atomic mass is 9.84. The Morgan fingerprint density at radius 3 is 2.42 bits per heavy atom. The summed E-state index contributed by atoms with van der Waals surface area (Å²) in [6.07, 6.45) is 4.78. The van der Waals surface area contributed by atoms with Crippen LogP contribution in [0.25, 0.3) is 0 Å². The third-order valence-corrected chi connectivity index (χ3v) is 5.25. The molecule has 1 aliphatic carbocycles. The standard InChI is InChI=1S/C20H30N2O3.ClH/c1-3-24-18-11-14-8-9-22(13-16(14)12-19(18)25-4-2)20(23)15-6-5-7-17(21)10-15;/h11-12,15,17H,3-10,13,21H2,1-2H3;1H. The van der Waals surface area contributed by atoms with Gasteiger partial charge in [0.25, 0.3) is 0 Å². The van der Waals surface area contributed by atoms with Crippen LogP contribution in [0.2, 0.25) is 0 Å². The predicted octanol–water partition coefficient (Wildman–Crippen LogP) is 3.31. The average molecular weight is 383 g/mol. The summed E-state index contributed by atoms with van der Waals surface area (Å²) < 4.78 is 11.5. The molecule has 0 spiro atoms. The van der Waals surface area contributed by atoms with Crippen molar-refractivity contribution in [1.82, 2.24) is 4.90 Å². The first kappa shape index (κ1) is 20.8. The van der Waals surface area contributed by atoms with E-state index >= 15 is 0 Å². The number of ether oxygens (including phenoxy) is 2. The molecule has 1 amide bonds. The fourth-order valence-corrected chi connectivity index (χ4v) is 4.00. The molecule has 2 N–H and O–H groups in total. The van der Waals surface area contributed by atoms with Crippen LogP contribution in [0.3, 0.4) is 0 Å². The van der Waals surface area contributed by atoms with Gasteiger partial charge in [0.05, 0.1) is 13.2 Å². The summed E-state index contributed by atoms with van der Waals surface area (Å²) in [7, 11) is 0. The molecule has 0 aromatic heterocycles. The van der Waals surface area contributed by atoms with Gasteiger partial charge in [-0.3, -0.25) is 4.79 Å². The van der Waals surface area contributed by atoms with E-state index in [1.54, 1.807) is 0 Å². The summed E-state index contributed by atoms with van der Waals surface area (Å²) in [6.45, 7) is 6.60. The van der Waals surface area contributed by atoms with E-state index in [0.717, 1.165) is 50.1 Å². The fraction of sp³-hybridized carbons (Fsp3) is 0.650. The lowest BCUT2D eigenvalue weighted by Gasteiger charge is -2.34. The molecule has 0 radical (unpaired) electrons. The first-order chi connectivity index (χ1) is 12.1. The van der Waals surface area contributed by atoms with Crippen molar-refractivity contribution in [2.45, 2.75) is 58.5 Å². The van der Waals surface area contributed by atoms with Gasteiger partial charge in [0.15, 0.2) is 11.5 Å². The minimum atomic E-state index is 0. The Labute approximate surface area is 162 Å². The maximum absolute atomic E-state index is 12.9. The van der Waals surface area contributed by atoms with Crippen LogP contribution in [-0.4, -0.2) is 36.6 Å². The van der Waals surface area contributed by atoms with Crippen LogP contribution >= 0.6 is 12.4 Å². The number of hydrogen-bond acceptors (Lipinski definition) is 4. The zero-order chi connectivity index (χ0) is 17.8. The Balaban J connectivity index is 0.00000243. The molecule has 0 saturated heterocycles. The summed E-state index contributed by atoms with van der Waals surface area (Å²) in [5.74, 6) is 1.95. The monoisotopic (exact) mass is 382 g/mol. The molecule has 146 valence electrons. The van der Waals surface area contributed by atoms with E-state index in [2.05, 4.69) is 12.1 Å². The summed E-state index contributed by atoms with van der Waals surface area (Å²) in [5, 5.41) is 0. The number of halogens is 1. The number of carbonyl (C=O) groups is 1. The maximum Gasteiger partial charge on any atom is 0.226 e. The predicted molar refractivity (Wildman–Crippen MR) is 105 cm³/mol. The van der Waals surface area contributed by atoms with Crippen LogP contribution in [0, 0.1) is 5.92 Å². The van der Waals surface area contributed by atoms with E-state index in [-0.39, 0.29) is 30.3 Å². The van der Waals surface area contributed by atoms with Crippen LogP contribution in [0.5, 0.6) is 11.5 Å². The zero-order valence-electron chi connectivity index (χ0n) is 15.8. The van der Waals surface area contributed by atoms with E-state index in [0.29, 0.717) is 19.8 Å². The average Bonchev–Trinajstić information content (AvgIpc) is 2.61. The second kappa shape index (κ2) is 9.47.